The number of hydrogen-bond acceptors (Lipinski definition) is 3. The Balaban J connectivity index is 1.99. The lowest BCUT2D eigenvalue weighted by Gasteiger charge is -2.22. The third-order valence-electron chi connectivity index (χ3n) is 2.65. The Kier molecular flexibility index (Phi) is 4.10. The van der Waals surface area contributed by atoms with Gasteiger partial charge in [-0.15, -0.1) is 0 Å². The highest BCUT2D eigenvalue weighted by molar-refractivity contribution is 6.30. The van der Waals surface area contributed by atoms with Crippen LogP contribution in [0.15, 0.2) is 18.2 Å². The summed E-state index contributed by atoms with van der Waals surface area (Å²) in [5.41, 5.74) is 0.704. The van der Waals surface area contributed by atoms with E-state index in [0.29, 0.717) is 18.7 Å². The lowest BCUT2D eigenvalue weighted by molar-refractivity contribution is -0.131. The zero-order valence-corrected chi connectivity index (χ0v) is 9.97. The van der Waals surface area contributed by atoms with Gasteiger partial charge in [-0.3, -0.25) is 4.79 Å². The van der Waals surface area contributed by atoms with Crippen LogP contribution < -0.4 is 5.32 Å². The molecule has 2 rings (SSSR count). The van der Waals surface area contributed by atoms with Crippen LogP contribution in [0.2, 0.25) is 5.02 Å². The molecule has 0 bridgehead atoms. The van der Waals surface area contributed by atoms with E-state index in [1.807, 2.05) is 0 Å². The summed E-state index contributed by atoms with van der Waals surface area (Å²) in [5, 5.41) is 3.13. The quantitative estimate of drug-likeness (QED) is 0.894. The molecular formula is C12H13ClFNO2. The Labute approximate surface area is 104 Å². The number of Topliss-reactive ketones (excluding diaryl/α,β-unsaturated/α-hetero) is 1. The largest absolute Gasteiger partial charge is 0.368 e. The average molecular weight is 258 g/mol. The predicted octanol–water partition coefficient (Wildman–Crippen LogP) is 1.58. The van der Waals surface area contributed by atoms with E-state index in [2.05, 4.69) is 5.32 Å². The van der Waals surface area contributed by atoms with Gasteiger partial charge in [0.2, 0.25) is 0 Å². The maximum atomic E-state index is 12.9. The van der Waals surface area contributed by atoms with Gasteiger partial charge in [0, 0.05) is 19.5 Å². The Morgan fingerprint density at radius 2 is 2.41 bits per heavy atom. The van der Waals surface area contributed by atoms with Crippen molar-refractivity contribution in [2.24, 2.45) is 0 Å². The van der Waals surface area contributed by atoms with Crippen LogP contribution in [0.4, 0.5) is 4.39 Å². The van der Waals surface area contributed by atoms with Crippen LogP contribution in [0.5, 0.6) is 0 Å². The molecule has 1 heterocycles. The molecule has 0 spiro atoms. The van der Waals surface area contributed by atoms with Gasteiger partial charge in [-0.25, -0.2) is 4.39 Å². The number of carbonyl (C=O) groups excluding carboxylic acids is 1. The number of carbonyl (C=O) groups is 1. The van der Waals surface area contributed by atoms with E-state index < -0.39 is 11.9 Å². The maximum absolute atomic E-state index is 12.9. The molecule has 1 aliphatic heterocycles. The zero-order valence-electron chi connectivity index (χ0n) is 9.21. The molecule has 1 aliphatic rings. The van der Waals surface area contributed by atoms with E-state index in [9.17, 15) is 9.18 Å². The third-order valence-corrected chi connectivity index (χ3v) is 2.94. The number of hydrogen-bond donors (Lipinski definition) is 1. The van der Waals surface area contributed by atoms with Crippen molar-refractivity contribution in [3.05, 3.63) is 34.6 Å². The van der Waals surface area contributed by atoms with Crippen LogP contribution in [0.1, 0.15) is 5.56 Å². The van der Waals surface area contributed by atoms with Crippen LogP contribution in [-0.4, -0.2) is 31.6 Å². The molecule has 0 radical (unpaired) electrons. The molecular weight excluding hydrogens is 245 g/mol. The second kappa shape index (κ2) is 5.58. The van der Waals surface area contributed by atoms with Crippen molar-refractivity contribution >= 4 is 17.4 Å². The fourth-order valence-corrected chi connectivity index (χ4v) is 1.94. The first-order valence-corrected chi connectivity index (χ1v) is 5.83. The van der Waals surface area contributed by atoms with Gasteiger partial charge in [-0.2, -0.15) is 0 Å². The maximum Gasteiger partial charge on any atom is 0.167 e. The first-order valence-electron chi connectivity index (χ1n) is 5.46. The number of halogens is 2. The molecule has 1 atom stereocenters. The van der Waals surface area contributed by atoms with E-state index in [0.717, 1.165) is 6.54 Å². The smallest absolute Gasteiger partial charge is 0.167 e. The van der Waals surface area contributed by atoms with Crippen molar-refractivity contribution in [1.82, 2.24) is 5.32 Å². The summed E-state index contributed by atoms with van der Waals surface area (Å²) in [6, 6.07) is 4.31. The first-order chi connectivity index (χ1) is 8.16. The number of nitrogens with one attached hydrogen (secondary N) is 1. The van der Waals surface area contributed by atoms with E-state index in [-0.39, 0.29) is 17.2 Å². The minimum absolute atomic E-state index is 0.0140. The van der Waals surface area contributed by atoms with Crippen molar-refractivity contribution in [3.8, 4) is 0 Å². The number of benzene rings is 1. The van der Waals surface area contributed by atoms with Gasteiger partial charge in [0.25, 0.3) is 0 Å². The molecule has 1 N–H and O–H groups in total. The van der Waals surface area contributed by atoms with Crippen molar-refractivity contribution in [3.63, 3.8) is 0 Å². The molecule has 1 aromatic carbocycles. The molecule has 3 nitrogen and oxygen atoms in total. The molecule has 5 heteroatoms. The predicted molar refractivity (Wildman–Crippen MR) is 62.7 cm³/mol. The Morgan fingerprint density at radius 3 is 3.06 bits per heavy atom. The third kappa shape index (κ3) is 3.25. The SMILES string of the molecule is O=C(Cc1ccc(F)c(Cl)c1)C1CNCCO1. The van der Waals surface area contributed by atoms with Gasteiger partial charge in [0.1, 0.15) is 11.9 Å². The zero-order chi connectivity index (χ0) is 12.3. The second-order valence-electron chi connectivity index (χ2n) is 3.96. The molecule has 17 heavy (non-hydrogen) atoms. The van der Waals surface area contributed by atoms with E-state index in [4.69, 9.17) is 16.3 Å². The van der Waals surface area contributed by atoms with Crippen molar-refractivity contribution in [2.45, 2.75) is 12.5 Å². The lowest BCUT2D eigenvalue weighted by Crippen LogP contribution is -2.43. The minimum atomic E-state index is -0.474. The van der Waals surface area contributed by atoms with Crippen LogP contribution in [0, 0.1) is 5.82 Å². The van der Waals surface area contributed by atoms with Crippen LogP contribution in [0.25, 0.3) is 0 Å². The van der Waals surface area contributed by atoms with Crippen LogP contribution >= 0.6 is 11.6 Å². The Bertz CT molecular complexity index is 419. The highest BCUT2D eigenvalue weighted by Gasteiger charge is 2.21. The van der Waals surface area contributed by atoms with E-state index in [1.54, 1.807) is 6.07 Å². The van der Waals surface area contributed by atoms with Gasteiger partial charge in [0.05, 0.1) is 11.6 Å². The number of ketones is 1. The average Bonchev–Trinajstić information content (AvgIpc) is 2.35. The van der Waals surface area contributed by atoms with Gasteiger partial charge in [-0.05, 0) is 17.7 Å². The van der Waals surface area contributed by atoms with Gasteiger partial charge < -0.3 is 10.1 Å². The molecule has 0 amide bonds. The summed E-state index contributed by atoms with van der Waals surface area (Å²) in [7, 11) is 0. The molecule has 92 valence electrons. The fraction of sp³-hybridized carbons (Fsp3) is 0.417. The first kappa shape index (κ1) is 12.5. The van der Waals surface area contributed by atoms with E-state index >= 15 is 0 Å². The lowest BCUT2D eigenvalue weighted by atomic mass is 10.0. The van der Waals surface area contributed by atoms with Crippen LogP contribution in [-0.2, 0) is 16.0 Å². The standard InChI is InChI=1S/C12H13ClFNO2/c13-9-5-8(1-2-10(9)14)6-11(16)12-7-15-3-4-17-12/h1-2,5,12,15H,3-4,6-7H2. The van der Waals surface area contributed by atoms with Gasteiger partial charge >= 0.3 is 0 Å². The highest BCUT2D eigenvalue weighted by Crippen LogP contribution is 2.17. The van der Waals surface area contributed by atoms with Gasteiger partial charge in [0.15, 0.2) is 5.78 Å². The number of ether oxygens (including phenoxy) is 1. The minimum Gasteiger partial charge on any atom is -0.368 e. The molecule has 1 fully saturated rings. The monoisotopic (exact) mass is 257 g/mol. The van der Waals surface area contributed by atoms with Crippen molar-refractivity contribution in [2.75, 3.05) is 19.7 Å². The topological polar surface area (TPSA) is 38.3 Å². The molecule has 1 aromatic rings. The Morgan fingerprint density at radius 1 is 1.59 bits per heavy atom. The summed E-state index contributed by atoms with van der Waals surface area (Å²) in [6.45, 7) is 1.85. The summed E-state index contributed by atoms with van der Waals surface area (Å²) >= 11 is 5.65. The van der Waals surface area contributed by atoms with E-state index in [1.165, 1.54) is 12.1 Å². The molecule has 0 aromatic heterocycles. The van der Waals surface area contributed by atoms with Crippen molar-refractivity contribution < 1.29 is 13.9 Å². The van der Waals surface area contributed by atoms with Crippen LogP contribution in [0.3, 0.4) is 0 Å². The fourth-order valence-electron chi connectivity index (χ4n) is 1.74. The normalized spacial score (nSPS) is 20.2. The number of morpholine rings is 1. The molecule has 1 saturated heterocycles. The van der Waals surface area contributed by atoms with Gasteiger partial charge in [-0.1, -0.05) is 17.7 Å². The second-order valence-corrected chi connectivity index (χ2v) is 4.36. The molecule has 0 aliphatic carbocycles. The summed E-state index contributed by atoms with van der Waals surface area (Å²) in [6.07, 6.45) is -0.195. The molecule has 0 saturated carbocycles. The summed E-state index contributed by atoms with van der Waals surface area (Å²) in [5.74, 6) is -0.488. The summed E-state index contributed by atoms with van der Waals surface area (Å²) in [4.78, 5) is 11.9. The van der Waals surface area contributed by atoms with Crippen molar-refractivity contribution in [1.29, 1.82) is 0 Å². The summed E-state index contributed by atoms with van der Waals surface area (Å²) < 4.78 is 18.3. The highest BCUT2D eigenvalue weighted by atomic mass is 35.5. The number of rotatable bonds is 3. The Hall–Kier alpha value is -0.970. The molecule has 1 unspecified atom stereocenters.